The van der Waals surface area contributed by atoms with Crippen molar-refractivity contribution < 1.29 is 4.79 Å². The molecule has 2 aromatic heterocycles. The van der Waals surface area contributed by atoms with E-state index in [-0.39, 0.29) is 11.5 Å². The number of hydrogen-bond acceptors (Lipinski definition) is 6. The molecule has 1 aromatic carbocycles. The molecule has 0 unspecified atom stereocenters. The molecule has 0 bridgehead atoms. The molecule has 9 nitrogen and oxygen atoms in total. The van der Waals surface area contributed by atoms with Crippen LogP contribution < -0.4 is 5.56 Å². The first-order valence-corrected chi connectivity index (χ1v) is 9.21. The van der Waals surface area contributed by atoms with Crippen LogP contribution >= 0.6 is 0 Å². The maximum atomic E-state index is 12.9. The standard InChI is InChI=1S/C19H21N7O2/c1-12-20-17-8-10-25(9-7-16(17)18(27)21-12)19(28)15-5-3-14(4-6-15)11-26-13(2)22-23-24-26/h3-6H,7-11H2,1-2H3,(H,20,21,27). The summed E-state index contributed by atoms with van der Waals surface area (Å²) in [4.78, 5) is 34.1. The lowest BCUT2D eigenvalue weighted by atomic mass is 10.1. The van der Waals surface area contributed by atoms with Crippen molar-refractivity contribution in [2.45, 2.75) is 33.2 Å². The predicted molar refractivity (Wildman–Crippen MR) is 101 cm³/mol. The molecule has 0 fully saturated rings. The number of aromatic amines is 1. The first-order chi connectivity index (χ1) is 13.5. The van der Waals surface area contributed by atoms with Crippen LogP contribution in [0.25, 0.3) is 0 Å². The Balaban J connectivity index is 1.47. The monoisotopic (exact) mass is 379 g/mol. The average molecular weight is 379 g/mol. The van der Waals surface area contributed by atoms with Gasteiger partial charge in [0, 0.05) is 30.6 Å². The summed E-state index contributed by atoms with van der Waals surface area (Å²) >= 11 is 0. The molecule has 0 spiro atoms. The summed E-state index contributed by atoms with van der Waals surface area (Å²) < 4.78 is 1.70. The van der Waals surface area contributed by atoms with Crippen LogP contribution in [0.1, 0.15) is 38.8 Å². The van der Waals surface area contributed by atoms with E-state index in [1.54, 1.807) is 16.5 Å². The second kappa shape index (κ2) is 7.34. The molecule has 1 aliphatic heterocycles. The number of amides is 1. The number of hydrogen-bond donors (Lipinski definition) is 1. The number of benzene rings is 1. The molecule has 0 saturated heterocycles. The highest BCUT2D eigenvalue weighted by Crippen LogP contribution is 2.14. The van der Waals surface area contributed by atoms with E-state index in [2.05, 4.69) is 25.5 Å². The van der Waals surface area contributed by atoms with Crippen LogP contribution in [-0.4, -0.2) is 54.1 Å². The van der Waals surface area contributed by atoms with Gasteiger partial charge < -0.3 is 9.88 Å². The summed E-state index contributed by atoms with van der Waals surface area (Å²) in [6.45, 7) is 5.23. The molecule has 28 heavy (non-hydrogen) atoms. The Bertz CT molecular complexity index is 1070. The molecule has 0 radical (unpaired) electrons. The molecule has 9 heteroatoms. The minimum Gasteiger partial charge on any atom is -0.338 e. The SMILES string of the molecule is Cc1nc2c(c(=O)[nH]1)CCN(C(=O)c1ccc(Cn3nnnc3C)cc1)CC2. The number of carbonyl (C=O) groups excluding carboxylic acids is 1. The van der Waals surface area contributed by atoms with Crippen LogP contribution in [0.4, 0.5) is 0 Å². The number of aromatic nitrogens is 6. The lowest BCUT2D eigenvalue weighted by Crippen LogP contribution is -2.33. The van der Waals surface area contributed by atoms with Crippen LogP contribution in [0.2, 0.25) is 0 Å². The van der Waals surface area contributed by atoms with Gasteiger partial charge in [-0.3, -0.25) is 9.59 Å². The summed E-state index contributed by atoms with van der Waals surface area (Å²) in [6, 6.07) is 7.47. The number of tetrazole rings is 1. The fraction of sp³-hybridized carbons (Fsp3) is 0.368. The number of carbonyl (C=O) groups is 1. The van der Waals surface area contributed by atoms with E-state index >= 15 is 0 Å². The molecule has 3 heterocycles. The summed E-state index contributed by atoms with van der Waals surface area (Å²) in [6.07, 6.45) is 1.10. The molecule has 0 saturated carbocycles. The summed E-state index contributed by atoms with van der Waals surface area (Å²) in [5.41, 5.74) is 3.03. The Morgan fingerprint density at radius 1 is 1.14 bits per heavy atom. The van der Waals surface area contributed by atoms with Gasteiger partial charge in [0.2, 0.25) is 0 Å². The van der Waals surface area contributed by atoms with Gasteiger partial charge in [0.1, 0.15) is 11.6 Å². The van der Waals surface area contributed by atoms with Gasteiger partial charge in [-0.05, 0) is 48.4 Å². The number of nitrogens with one attached hydrogen (secondary N) is 1. The van der Waals surface area contributed by atoms with Crippen LogP contribution in [0.5, 0.6) is 0 Å². The Kier molecular flexibility index (Phi) is 4.72. The van der Waals surface area contributed by atoms with Crippen molar-refractivity contribution in [3.05, 3.63) is 68.7 Å². The number of rotatable bonds is 3. The highest BCUT2D eigenvalue weighted by atomic mass is 16.2. The number of aryl methyl sites for hydroxylation is 2. The molecule has 144 valence electrons. The molecule has 1 amide bonds. The van der Waals surface area contributed by atoms with Gasteiger partial charge in [-0.15, -0.1) is 5.10 Å². The Morgan fingerprint density at radius 3 is 2.61 bits per heavy atom. The molecule has 0 aliphatic carbocycles. The van der Waals surface area contributed by atoms with Gasteiger partial charge >= 0.3 is 0 Å². The highest BCUT2D eigenvalue weighted by Gasteiger charge is 2.22. The third-order valence-corrected chi connectivity index (χ3v) is 5.00. The lowest BCUT2D eigenvalue weighted by molar-refractivity contribution is 0.0763. The minimum absolute atomic E-state index is 0.0360. The van der Waals surface area contributed by atoms with E-state index in [1.807, 2.05) is 31.2 Å². The molecule has 3 aromatic rings. The predicted octanol–water partition coefficient (Wildman–Crippen LogP) is 0.663. The fourth-order valence-electron chi connectivity index (χ4n) is 3.44. The fourth-order valence-corrected chi connectivity index (χ4v) is 3.44. The van der Waals surface area contributed by atoms with Crippen LogP contribution in [0.15, 0.2) is 29.1 Å². The zero-order valence-electron chi connectivity index (χ0n) is 15.8. The molecular weight excluding hydrogens is 358 g/mol. The average Bonchev–Trinajstić information content (AvgIpc) is 2.95. The lowest BCUT2D eigenvalue weighted by Gasteiger charge is -2.20. The zero-order valence-corrected chi connectivity index (χ0v) is 15.8. The van der Waals surface area contributed by atoms with Gasteiger partial charge in [0.15, 0.2) is 0 Å². The van der Waals surface area contributed by atoms with Crippen LogP contribution in [-0.2, 0) is 19.4 Å². The Labute approximate surface area is 161 Å². The van der Waals surface area contributed by atoms with Crippen molar-refractivity contribution in [3.63, 3.8) is 0 Å². The van der Waals surface area contributed by atoms with Crippen LogP contribution in [0.3, 0.4) is 0 Å². The van der Waals surface area contributed by atoms with Crippen molar-refractivity contribution >= 4 is 5.91 Å². The smallest absolute Gasteiger partial charge is 0.254 e. The van der Waals surface area contributed by atoms with E-state index < -0.39 is 0 Å². The van der Waals surface area contributed by atoms with Crippen molar-refractivity contribution in [2.24, 2.45) is 0 Å². The van der Waals surface area contributed by atoms with E-state index in [4.69, 9.17) is 0 Å². The van der Waals surface area contributed by atoms with Gasteiger partial charge in [0.25, 0.3) is 11.5 Å². The van der Waals surface area contributed by atoms with Gasteiger partial charge in [-0.25, -0.2) is 9.67 Å². The van der Waals surface area contributed by atoms with Gasteiger partial charge in [-0.2, -0.15) is 0 Å². The van der Waals surface area contributed by atoms with E-state index in [0.29, 0.717) is 49.4 Å². The largest absolute Gasteiger partial charge is 0.338 e. The normalized spacial score (nSPS) is 13.9. The summed E-state index contributed by atoms with van der Waals surface area (Å²) in [7, 11) is 0. The van der Waals surface area contributed by atoms with Gasteiger partial charge in [0.05, 0.1) is 12.2 Å². The molecule has 1 aliphatic rings. The third-order valence-electron chi connectivity index (χ3n) is 5.00. The van der Waals surface area contributed by atoms with E-state index in [9.17, 15) is 9.59 Å². The Morgan fingerprint density at radius 2 is 1.89 bits per heavy atom. The second-order valence-electron chi connectivity index (χ2n) is 6.95. The van der Waals surface area contributed by atoms with Crippen molar-refractivity contribution in [1.82, 2.24) is 35.1 Å². The van der Waals surface area contributed by atoms with Crippen LogP contribution in [0, 0.1) is 13.8 Å². The van der Waals surface area contributed by atoms with Crippen molar-refractivity contribution in [2.75, 3.05) is 13.1 Å². The molecular formula is C19H21N7O2. The maximum absolute atomic E-state index is 12.9. The Hall–Kier alpha value is -3.36. The third kappa shape index (κ3) is 3.55. The maximum Gasteiger partial charge on any atom is 0.254 e. The molecule has 4 rings (SSSR count). The topological polar surface area (TPSA) is 110 Å². The number of fused-ring (bicyclic) bond motifs is 1. The van der Waals surface area contributed by atoms with Gasteiger partial charge in [-0.1, -0.05) is 12.1 Å². The first-order valence-electron chi connectivity index (χ1n) is 9.21. The summed E-state index contributed by atoms with van der Waals surface area (Å²) in [5.74, 6) is 1.31. The number of H-pyrrole nitrogens is 1. The number of nitrogens with zero attached hydrogens (tertiary/aromatic N) is 6. The van der Waals surface area contributed by atoms with E-state index in [0.717, 1.165) is 17.1 Å². The molecule has 1 N–H and O–H groups in total. The minimum atomic E-state index is -0.0981. The summed E-state index contributed by atoms with van der Waals surface area (Å²) in [5, 5.41) is 11.4. The molecule has 0 atom stereocenters. The highest BCUT2D eigenvalue weighted by molar-refractivity contribution is 5.94. The van der Waals surface area contributed by atoms with E-state index in [1.165, 1.54) is 0 Å². The first kappa shape index (κ1) is 18.0. The quantitative estimate of drug-likeness (QED) is 0.716. The van der Waals surface area contributed by atoms with Crippen molar-refractivity contribution in [3.8, 4) is 0 Å². The van der Waals surface area contributed by atoms with Crippen molar-refractivity contribution in [1.29, 1.82) is 0 Å². The zero-order chi connectivity index (χ0) is 19.7. The second-order valence-corrected chi connectivity index (χ2v) is 6.95.